The molecule has 1 aliphatic carbocycles. The van der Waals surface area contributed by atoms with Crippen LogP contribution in [0.1, 0.15) is 18.4 Å². The van der Waals surface area contributed by atoms with Crippen LogP contribution >= 0.6 is 0 Å². The lowest BCUT2D eigenvalue weighted by molar-refractivity contribution is 0.318. The monoisotopic (exact) mass is 283 g/mol. The number of benzene rings is 2. The minimum absolute atomic E-state index is 0.294. The maximum absolute atomic E-state index is 12.9. The van der Waals surface area contributed by atoms with Gasteiger partial charge in [0.2, 0.25) is 0 Å². The van der Waals surface area contributed by atoms with Crippen molar-refractivity contribution in [1.29, 1.82) is 0 Å². The smallest absolute Gasteiger partial charge is 0.134 e. The van der Waals surface area contributed by atoms with Gasteiger partial charge in [0.15, 0.2) is 0 Å². The van der Waals surface area contributed by atoms with Crippen LogP contribution in [0, 0.1) is 5.82 Å². The molecule has 1 N–H and O–H groups in total. The Morgan fingerprint density at radius 1 is 1.00 bits per heavy atom. The molecular weight excluding hydrogens is 269 g/mol. The second-order valence-electron chi connectivity index (χ2n) is 4.81. The molecule has 0 fully saturated rings. The number of hydrogen-bond acceptors (Lipinski definition) is 3. The van der Waals surface area contributed by atoms with E-state index in [9.17, 15) is 4.39 Å². The molecule has 4 heteroatoms. The van der Waals surface area contributed by atoms with Crippen LogP contribution in [0.25, 0.3) is 5.57 Å². The molecule has 0 aliphatic heterocycles. The Kier molecular flexibility index (Phi) is 3.69. The number of hydrogen-bond donors (Lipinski definition) is 1. The van der Waals surface area contributed by atoms with E-state index >= 15 is 0 Å². The molecule has 106 valence electrons. The molecule has 0 saturated heterocycles. The lowest BCUT2D eigenvalue weighted by Gasteiger charge is -2.11. The first-order valence-electron chi connectivity index (χ1n) is 6.70. The van der Waals surface area contributed by atoms with Gasteiger partial charge < -0.3 is 9.94 Å². The summed E-state index contributed by atoms with van der Waals surface area (Å²) in [5.74, 6) is 0.992. The van der Waals surface area contributed by atoms with Crippen molar-refractivity contribution < 1.29 is 14.3 Å². The molecule has 2 aromatic carbocycles. The van der Waals surface area contributed by atoms with E-state index in [1.54, 1.807) is 12.1 Å². The van der Waals surface area contributed by atoms with Gasteiger partial charge in [-0.05, 0) is 54.8 Å². The first-order chi connectivity index (χ1) is 10.3. The molecule has 3 nitrogen and oxygen atoms in total. The highest BCUT2D eigenvalue weighted by Crippen LogP contribution is 2.35. The number of nitrogens with zero attached hydrogens (tertiary/aromatic N) is 1. The van der Waals surface area contributed by atoms with E-state index in [-0.39, 0.29) is 5.82 Å². The fraction of sp³-hybridized carbons (Fsp3) is 0.118. The van der Waals surface area contributed by atoms with Gasteiger partial charge in [0.05, 0.1) is 5.71 Å². The highest BCUT2D eigenvalue weighted by atomic mass is 19.1. The van der Waals surface area contributed by atoms with Crippen LogP contribution in [0.3, 0.4) is 0 Å². The maximum Gasteiger partial charge on any atom is 0.134 e. The molecule has 3 rings (SSSR count). The summed E-state index contributed by atoms with van der Waals surface area (Å²) in [6.45, 7) is 0. The largest absolute Gasteiger partial charge is 0.457 e. The summed E-state index contributed by atoms with van der Waals surface area (Å²) in [5, 5.41) is 12.1. The van der Waals surface area contributed by atoms with Crippen LogP contribution in [0.15, 0.2) is 59.8 Å². The van der Waals surface area contributed by atoms with Crippen LogP contribution < -0.4 is 4.74 Å². The number of ether oxygens (including phenoxy) is 1. The predicted molar refractivity (Wildman–Crippen MR) is 79.3 cm³/mol. The van der Waals surface area contributed by atoms with Crippen molar-refractivity contribution in [3.63, 3.8) is 0 Å². The standard InChI is InChI=1S/C17H14FNO2/c18-13-6-9-15(10-7-13)21-17-4-2-1-3-16(17)12-5-8-14(11-12)19-20/h1-4,6-7,9-11,20H,5,8H2/b19-14-. The first kappa shape index (κ1) is 13.4. The Hall–Kier alpha value is -2.62. The number of allylic oxidation sites excluding steroid dienone is 2. The lowest BCUT2D eigenvalue weighted by atomic mass is 10.0. The number of oxime groups is 1. The summed E-state index contributed by atoms with van der Waals surface area (Å²) in [7, 11) is 0. The van der Waals surface area contributed by atoms with Gasteiger partial charge in [-0.1, -0.05) is 23.4 Å². The summed E-state index contributed by atoms with van der Waals surface area (Å²) in [5.41, 5.74) is 2.70. The van der Waals surface area contributed by atoms with Gasteiger partial charge in [-0.15, -0.1) is 0 Å². The van der Waals surface area contributed by atoms with Crippen LogP contribution in [-0.2, 0) is 0 Å². The minimum Gasteiger partial charge on any atom is -0.457 e. The zero-order valence-electron chi connectivity index (χ0n) is 11.3. The van der Waals surface area contributed by atoms with Gasteiger partial charge in [-0.2, -0.15) is 0 Å². The van der Waals surface area contributed by atoms with E-state index < -0.39 is 0 Å². The fourth-order valence-corrected chi connectivity index (χ4v) is 2.35. The Labute approximate surface area is 122 Å². The van der Waals surface area contributed by atoms with Gasteiger partial charge in [0.25, 0.3) is 0 Å². The number of para-hydroxylation sites is 1. The van der Waals surface area contributed by atoms with E-state index in [2.05, 4.69) is 5.16 Å². The molecule has 0 spiro atoms. The fourth-order valence-electron chi connectivity index (χ4n) is 2.35. The topological polar surface area (TPSA) is 41.8 Å². The van der Waals surface area contributed by atoms with Gasteiger partial charge in [-0.25, -0.2) is 4.39 Å². The predicted octanol–water partition coefficient (Wildman–Crippen LogP) is 4.63. The first-order valence-corrected chi connectivity index (χ1v) is 6.70. The van der Waals surface area contributed by atoms with Crippen LogP contribution in [0.5, 0.6) is 11.5 Å². The van der Waals surface area contributed by atoms with Gasteiger partial charge in [0, 0.05) is 5.56 Å². The summed E-state index contributed by atoms with van der Waals surface area (Å²) in [6.07, 6.45) is 3.40. The summed E-state index contributed by atoms with van der Waals surface area (Å²) < 4.78 is 18.8. The van der Waals surface area contributed by atoms with Gasteiger partial charge >= 0.3 is 0 Å². The van der Waals surface area contributed by atoms with Gasteiger partial charge in [-0.3, -0.25) is 0 Å². The normalized spacial score (nSPS) is 16.0. The Morgan fingerprint density at radius 2 is 1.76 bits per heavy atom. The van der Waals surface area contributed by atoms with Crippen molar-refractivity contribution in [2.45, 2.75) is 12.8 Å². The van der Waals surface area contributed by atoms with E-state index in [1.807, 2.05) is 30.3 Å². The third kappa shape index (κ3) is 2.94. The average molecular weight is 283 g/mol. The molecule has 0 atom stereocenters. The quantitative estimate of drug-likeness (QED) is 0.659. The zero-order valence-corrected chi connectivity index (χ0v) is 11.3. The van der Waals surface area contributed by atoms with Crippen LogP contribution in [-0.4, -0.2) is 10.9 Å². The van der Waals surface area contributed by atoms with Crippen molar-refractivity contribution >= 4 is 11.3 Å². The maximum atomic E-state index is 12.9. The summed E-state index contributed by atoms with van der Waals surface area (Å²) >= 11 is 0. The SMILES string of the molecule is O/N=C1\C=C(c2ccccc2Oc2ccc(F)cc2)CC1. The van der Waals surface area contributed by atoms with Crippen LogP contribution in [0.2, 0.25) is 0 Å². The molecule has 2 aromatic rings. The highest BCUT2D eigenvalue weighted by Gasteiger charge is 2.16. The second-order valence-corrected chi connectivity index (χ2v) is 4.81. The highest BCUT2D eigenvalue weighted by molar-refractivity contribution is 6.05. The molecule has 0 radical (unpaired) electrons. The van der Waals surface area contributed by atoms with Crippen molar-refractivity contribution in [1.82, 2.24) is 0 Å². The Bertz CT molecular complexity index is 705. The van der Waals surface area contributed by atoms with Gasteiger partial charge in [0.1, 0.15) is 17.3 Å². The molecule has 0 aromatic heterocycles. The Morgan fingerprint density at radius 3 is 2.48 bits per heavy atom. The van der Waals surface area contributed by atoms with E-state index in [0.29, 0.717) is 17.2 Å². The molecule has 0 heterocycles. The molecule has 1 aliphatic rings. The van der Waals surface area contributed by atoms with Crippen LogP contribution in [0.4, 0.5) is 4.39 Å². The molecule has 21 heavy (non-hydrogen) atoms. The molecule has 0 unspecified atom stereocenters. The van der Waals surface area contributed by atoms with Crippen molar-refractivity contribution in [3.05, 3.63) is 66.0 Å². The lowest BCUT2D eigenvalue weighted by Crippen LogP contribution is -1.90. The zero-order chi connectivity index (χ0) is 14.7. The molecule has 0 amide bonds. The second kappa shape index (κ2) is 5.79. The third-order valence-corrected chi connectivity index (χ3v) is 3.39. The van der Waals surface area contributed by atoms with Crippen molar-refractivity contribution in [3.8, 4) is 11.5 Å². The molecular formula is C17H14FNO2. The average Bonchev–Trinajstić information content (AvgIpc) is 2.99. The minimum atomic E-state index is -0.294. The summed E-state index contributed by atoms with van der Waals surface area (Å²) in [6, 6.07) is 13.6. The van der Waals surface area contributed by atoms with E-state index in [4.69, 9.17) is 9.94 Å². The third-order valence-electron chi connectivity index (χ3n) is 3.39. The molecule has 0 bridgehead atoms. The summed E-state index contributed by atoms with van der Waals surface area (Å²) in [4.78, 5) is 0. The van der Waals surface area contributed by atoms with E-state index in [0.717, 1.165) is 24.0 Å². The van der Waals surface area contributed by atoms with E-state index in [1.165, 1.54) is 12.1 Å². The Balaban J connectivity index is 1.91. The number of halogens is 1. The molecule has 0 saturated carbocycles. The van der Waals surface area contributed by atoms with Crippen molar-refractivity contribution in [2.75, 3.05) is 0 Å². The van der Waals surface area contributed by atoms with Crippen molar-refractivity contribution in [2.24, 2.45) is 5.16 Å². The number of rotatable bonds is 3.